The van der Waals surface area contributed by atoms with Gasteiger partial charge in [0.05, 0.1) is 0 Å². The smallest absolute Gasteiger partial charge is 0.321 e. The Morgan fingerprint density at radius 2 is 1.90 bits per heavy atom. The van der Waals surface area contributed by atoms with Crippen LogP contribution in [0.15, 0.2) is 18.2 Å². The largest absolute Gasteiger partial charge is 0.480 e. The number of benzene rings is 1. The molecule has 1 aliphatic rings. The molecule has 1 aliphatic heterocycles. The van der Waals surface area contributed by atoms with Crippen molar-refractivity contribution in [2.75, 3.05) is 6.54 Å². The molecule has 1 aromatic carbocycles. The third-order valence-electron chi connectivity index (χ3n) is 4.27. The molecule has 1 atom stereocenters. The molecule has 1 unspecified atom stereocenters. The standard InChI is InChI=1S/C17H25NO2/c1-12-8-13(2)10-14(9-12)11-18-7-5-6-17(3,4)15(18)16(19)20/h8-10,15H,5-7,11H2,1-4H3,(H,19,20). The van der Waals surface area contributed by atoms with Crippen molar-refractivity contribution in [3.63, 3.8) is 0 Å². The minimum Gasteiger partial charge on any atom is -0.480 e. The zero-order chi connectivity index (χ0) is 14.9. The predicted octanol–water partition coefficient (Wildman–Crippen LogP) is 3.38. The highest BCUT2D eigenvalue weighted by Gasteiger charge is 2.42. The minimum atomic E-state index is -0.695. The van der Waals surface area contributed by atoms with Gasteiger partial charge in [0.1, 0.15) is 6.04 Å². The molecule has 1 N–H and O–H groups in total. The molecule has 1 aromatic rings. The number of likely N-dealkylation sites (tertiary alicyclic amines) is 1. The topological polar surface area (TPSA) is 40.5 Å². The number of piperidine rings is 1. The molecule has 3 heteroatoms. The molecule has 0 amide bonds. The first kappa shape index (κ1) is 15.0. The van der Waals surface area contributed by atoms with Gasteiger partial charge in [-0.25, -0.2) is 0 Å². The maximum Gasteiger partial charge on any atom is 0.321 e. The van der Waals surface area contributed by atoms with Gasteiger partial charge in [-0.05, 0) is 44.2 Å². The van der Waals surface area contributed by atoms with Crippen LogP contribution in [0.25, 0.3) is 0 Å². The third-order valence-corrected chi connectivity index (χ3v) is 4.27. The summed E-state index contributed by atoms with van der Waals surface area (Å²) in [5.41, 5.74) is 3.53. The number of carboxylic acid groups (broad SMARTS) is 1. The third kappa shape index (κ3) is 3.21. The Kier molecular flexibility index (Phi) is 4.19. The van der Waals surface area contributed by atoms with Gasteiger partial charge < -0.3 is 5.11 Å². The molecule has 0 radical (unpaired) electrons. The number of carbonyl (C=O) groups is 1. The second kappa shape index (κ2) is 5.57. The summed E-state index contributed by atoms with van der Waals surface area (Å²) in [6, 6.07) is 6.08. The van der Waals surface area contributed by atoms with E-state index in [2.05, 4.69) is 50.8 Å². The number of aliphatic carboxylic acids is 1. The highest BCUT2D eigenvalue weighted by Crippen LogP contribution is 2.36. The summed E-state index contributed by atoms with van der Waals surface area (Å²) in [6.45, 7) is 9.91. The fourth-order valence-electron chi connectivity index (χ4n) is 3.55. The van der Waals surface area contributed by atoms with E-state index in [4.69, 9.17) is 0 Å². The average Bonchev–Trinajstić information content (AvgIpc) is 2.25. The molecule has 0 spiro atoms. The number of hydrogen-bond acceptors (Lipinski definition) is 2. The van der Waals surface area contributed by atoms with E-state index in [0.717, 1.165) is 25.9 Å². The molecule has 0 aromatic heterocycles. The van der Waals surface area contributed by atoms with Crippen molar-refractivity contribution in [2.45, 2.75) is 53.1 Å². The maximum atomic E-state index is 11.7. The SMILES string of the molecule is Cc1cc(C)cc(CN2CCCC(C)(C)C2C(=O)O)c1. The van der Waals surface area contributed by atoms with Crippen LogP contribution in [-0.2, 0) is 11.3 Å². The molecule has 0 aliphatic carbocycles. The fraction of sp³-hybridized carbons (Fsp3) is 0.588. The highest BCUT2D eigenvalue weighted by atomic mass is 16.4. The lowest BCUT2D eigenvalue weighted by atomic mass is 9.76. The molecule has 20 heavy (non-hydrogen) atoms. The molecule has 1 fully saturated rings. The number of hydrogen-bond donors (Lipinski definition) is 1. The van der Waals surface area contributed by atoms with Crippen LogP contribution in [0.4, 0.5) is 0 Å². The van der Waals surface area contributed by atoms with Crippen LogP contribution in [0.2, 0.25) is 0 Å². The first-order chi connectivity index (χ1) is 9.29. The Labute approximate surface area is 121 Å². The van der Waals surface area contributed by atoms with E-state index >= 15 is 0 Å². The van der Waals surface area contributed by atoms with Gasteiger partial charge in [0, 0.05) is 6.54 Å². The number of rotatable bonds is 3. The summed E-state index contributed by atoms with van der Waals surface area (Å²) in [4.78, 5) is 13.8. The summed E-state index contributed by atoms with van der Waals surface area (Å²) in [5, 5.41) is 9.59. The van der Waals surface area contributed by atoms with Crippen LogP contribution in [0.1, 0.15) is 43.4 Å². The van der Waals surface area contributed by atoms with E-state index in [1.54, 1.807) is 0 Å². The van der Waals surface area contributed by atoms with Crippen LogP contribution < -0.4 is 0 Å². The van der Waals surface area contributed by atoms with Crippen molar-refractivity contribution < 1.29 is 9.90 Å². The molecule has 0 bridgehead atoms. The van der Waals surface area contributed by atoms with Crippen molar-refractivity contribution in [2.24, 2.45) is 5.41 Å². The van der Waals surface area contributed by atoms with Crippen molar-refractivity contribution >= 4 is 5.97 Å². The number of nitrogens with zero attached hydrogens (tertiary/aromatic N) is 1. The maximum absolute atomic E-state index is 11.7. The van der Waals surface area contributed by atoms with Crippen LogP contribution >= 0.6 is 0 Å². The van der Waals surface area contributed by atoms with Gasteiger partial charge in [-0.15, -0.1) is 0 Å². The normalized spacial score (nSPS) is 22.7. The second-order valence-electron chi connectivity index (χ2n) is 6.80. The van der Waals surface area contributed by atoms with Gasteiger partial charge in [-0.1, -0.05) is 43.2 Å². The van der Waals surface area contributed by atoms with Gasteiger partial charge in [0.15, 0.2) is 0 Å². The monoisotopic (exact) mass is 275 g/mol. The lowest BCUT2D eigenvalue weighted by Gasteiger charge is -2.44. The summed E-state index contributed by atoms with van der Waals surface area (Å²) >= 11 is 0. The Morgan fingerprint density at radius 3 is 2.45 bits per heavy atom. The average molecular weight is 275 g/mol. The zero-order valence-electron chi connectivity index (χ0n) is 12.9. The van der Waals surface area contributed by atoms with Gasteiger partial charge in [0.2, 0.25) is 0 Å². The number of carboxylic acids is 1. The Hall–Kier alpha value is -1.35. The fourth-order valence-corrected chi connectivity index (χ4v) is 3.55. The molecule has 1 saturated heterocycles. The van der Waals surface area contributed by atoms with E-state index in [1.807, 2.05) is 0 Å². The van der Waals surface area contributed by atoms with Crippen LogP contribution in [-0.4, -0.2) is 28.6 Å². The predicted molar refractivity (Wildman–Crippen MR) is 80.8 cm³/mol. The summed E-state index contributed by atoms with van der Waals surface area (Å²) in [6.07, 6.45) is 2.05. The molecule has 110 valence electrons. The molecule has 2 rings (SSSR count). The second-order valence-corrected chi connectivity index (χ2v) is 6.80. The lowest BCUT2D eigenvalue weighted by Crippen LogP contribution is -2.53. The van der Waals surface area contributed by atoms with Gasteiger partial charge >= 0.3 is 5.97 Å². The van der Waals surface area contributed by atoms with E-state index in [9.17, 15) is 9.90 Å². The summed E-state index contributed by atoms with van der Waals surface area (Å²) in [5.74, 6) is -0.695. The number of aryl methyl sites for hydroxylation is 2. The first-order valence-electron chi connectivity index (χ1n) is 7.33. The van der Waals surface area contributed by atoms with E-state index < -0.39 is 12.0 Å². The molecule has 0 saturated carbocycles. The zero-order valence-corrected chi connectivity index (χ0v) is 12.9. The van der Waals surface area contributed by atoms with Gasteiger partial charge in [-0.3, -0.25) is 9.69 Å². The van der Waals surface area contributed by atoms with Crippen molar-refractivity contribution in [1.29, 1.82) is 0 Å². The Morgan fingerprint density at radius 1 is 1.30 bits per heavy atom. The summed E-state index contributed by atoms with van der Waals surface area (Å²) in [7, 11) is 0. The van der Waals surface area contributed by atoms with E-state index in [1.165, 1.54) is 16.7 Å². The first-order valence-corrected chi connectivity index (χ1v) is 7.33. The van der Waals surface area contributed by atoms with Crippen molar-refractivity contribution in [3.05, 3.63) is 34.9 Å². The van der Waals surface area contributed by atoms with Crippen LogP contribution in [0, 0.1) is 19.3 Å². The van der Waals surface area contributed by atoms with Crippen molar-refractivity contribution in [1.82, 2.24) is 4.90 Å². The molecule has 3 nitrogen and oxygen atoms in total. The quantitative estimate of drug-likeness (QED) is 0.919. The molecule has 1 heterocycles. The summed E-state index contributed by atoms with van der Waals surface area (Å²) < 4.78 is 0. The van der Waals surface area contributed by atoms with E-state index in [-0.39, 0.29) is 5.41 Å². The lowest BCUT2D eigenvalue weighted by molar-refractivity contribution is -0.151. The van der Waals surface area contributed by atoms with E-state index in [0.29, 0.717) is 0 Å². The van der Waals surface area contributed by atoms with Gasteiger partial charge in [-0.2, -0.15) is 0 Å². The highest BCUT2D eigenvalue weighted by molar-refractivity contribution is 5.74. The molecular formula is C17H25NO2. The Bertz CT molecular complexity index is 487. The Balaban J connectivity index is 2.24. The van der Waals surface area contributed by atoms with Crippen LogP contribution in [0.3, 0.4) is 0 Å². The molecular weight excluding hydrogens is 250 g/mol. The van der Waals surface area contributed by atoms with Gasteiger partial charge in [0.25, 0.3) is 0 Å². The van der Waals surface area contributed by atoms with Crippen molar-refractivity contribution in [3.8, 4) is 0 Å². The van der Waals surface area contributed by atoms with Crippen LogP contribution in [0.5, 0.6) is 0 Å². The minimum absolute atomic E-state index is 0.164.